The minimum Gasteiger partial charge on any atom is -0.454 e. The summed E-state index contributed by atoms with van der Waals surface area (Å²) >= 11 is 0. The number of ether oxygens (including phenoxy) is 2. The van der Waals surface area contributed by atoms with Crippen LogP contribution in [0.1, 0.15) is 30.9 Å². The lowest BCUT2D eigenvalue weighted by molar-refractivity contribution is 0.173. The number of rotatable bonds is 3. The van der Waals surface area contributed by atoms with Crippen LogP contribution in [0.4, 0.5) is 0 Å². The molecule has 1 fully saturated rings. The zero-order valence-electron chi connectivity index (χ0n) is 11.7. The third-order valence-electron chi connectivity index (χ3n) is 3.85. The Morgan fingerprint density at radius 3 is 2.74 bits per heavy atom. The number of piperazine rings is 1. The summed E-state index contributed by atoms with van der Waals surface area (Å²) in [6, 6.07) is 4.25. The summed E-state index contributed by atoms with van der Waals surface area (Å²) < 4.78 is 11.2. The largest absolute Gasteiger partial charge is 0.454 e. The van der Waals surface area contributed by atoms with Crippen molar-refractivity contribution >= 4 is 0 Å². The molecular weight excluding hydrogens is 240 g/mol. The third-order valence-corrected chi connectivity index (χ3v) is 3.85. The Morgan fingerprint density at radius 2 is 2.00 bits per heavy atom. The van der Waals surface area contributed by atoms with E-state index in [2.05, 4.69) is 30.1 Å². The predicted octanol–water partition coefficient (Wildman–Crippen LogP) is 1.94. The molecule has 0 bridgehead atoms. The molecule has 4 nitrogen and oxygen atoms in total. The van der Waals surface area contributed by atoms with Crippen molar-refractivity contribution in [3.63, 3.8) is 0 Å². The normalized spacial score (nSPS) is 19.1. The third kappa shape index (κ3) is 2.55. The molecule has 3 rings (SSSR count). The first-order chi connectivity index (χ1) is 9.25. The highest BCUT2D eigenvalue weighted by atomic mass is 16.7. The molecule has 2 aliphatic rings. The molecule has 104 valence electrons. The van der Waals surface area contributed by atoms with Gasteiger partial charge in [0.2, 0.25) is 6.79 Å². The van der Waals surface area contributed by atoms with E-state index in [4.69, 9.17) is 9.47 Å². The molecule has 0 unspecified atom stereocenters. The van der Waals surface area contributed by atoms with Gasteiger partial charge in [-0.25, -0.2) is 0 Å². The maximum atomic E-state index is 5.67. The lowest BCUT2D eigenvalue weighted by atomic mass is 9.95. The minimum atomic E-state index is 0.353. The van der Waals surface area contributed by atoms with Gasteiger partial charge in [-0.1, -0.05) is 19.9 Å². The molecule has 1 N–H and O–H groups in total. The van der Waals surface area contributed by atoms with E-state index in [1.807, 2.05) is 6.07 Å². The van der Waals surface area contributed by atoms with E-state index < -0.39 is 0 Å². The summed E-state index contributed by atoms with van der Waals surface area (Å²) in [5.41, 5.74) is 2.69. The van der Waals surface area contributed by atoms with Crippen molar-refractivity contribution in [2.75, 3.05) is 33.0 Å². The van der Waals surface area contributed by atoms with Gasteiger partial charge >= 0.3 is 0 Å². The van der Waals surface area contributed by atoms with E-state index in [-0.39, 0.29) is 0 Å². The van der Waals surface area contributed by atoms with Crippen LogP contribution in [0, 0.1) is 0 Å². The number of fused-ring (bicyclic) bond motifs is 1. The Balaban J connectivity index is 1.87. The smallest absolute Gasteiger partial charge is 0.231 e. The van der Waals surface area contributed by atoms with Crippen molar-refractivity contribution in [1.82, 2.24) is 10.2 Å². The van der Waals surface area contributed by atoms with Crippen LogP contribution in [0.25, 0.3) is 0 Å². The molecule has 0 spiro atoms. The van der Waals surface area contributed by atoms with Crippen molar-refractivity contribution in [3.05, 3.63) is 23.3 Å². The van der Waals surface area contributed by atoms with Crippen molar-refractivity contribution in [2.24, 2.45) is 0 Å². The van der Waals surface area contributed by atoms with Crippen LogP contribution in [0.3, 0.4) is 0 Å². The molecule has 0 radical (unpaired) electrons. The van der Waals surface area contributed by atoms with Gasteiger partial charge in [-0.3, -0.25) is 4.90 Å². The SMILES string of the molecule is CC(C)c1c(CN2CCNCC2)ccc2c1OCO2. The molecule has 0 aromatic heterocycles. The van der Waals surface area contributed by atoms with Crippen molar-refractivity contribution in [3.8, 4) is 11.5 Å². The Kier molecular flexibility index (Phi) is 3.62. The van der Waals surface area contributed by atoms with E-state index in [0.29, 0.717) is 12.7 Å². The number of hydrogen-bond donors (Lipinski definition) is 1. The molecule has 0 aliphatic carbocycles. The Morgan fingerprint density at radius 1 is 1.21 bits per heavy atom. The average molecular weight is 262 g/mol. The summed E-state index contributed by atoms with van der Waals surface area (Å²) in [6.07, 6.45) is 0. The zero-order valence-corrected chi connectivity index (χ0v) is 11.7. The Hall–Kier alpha value is -1.26. The zero-order chi connectivity index (χ0) is 13.2. The second-order valence-electron chi connectivity index (χ2n) is 5.55. The van der Waals surface area contributed by atoms with Gasteiger partial charge in [-0.05, 0) is 17.5 Å². The highest BCUT2D eigenvalue weighted by Gasteiger charge is 2.23. The van der Waals surface area contributed by atoms with Crippen LogP contribution in [0.15, 0.2) is 12.1 Å². The second kappa shape index (κ2) is 5.39. The first-order valence-corrected chi connectivity index (χ1v) is 7.10. The van der Waals surface area contributed by atoms with Crippen molar-refractivity contribution in [2.45, 2.75) is 26.3 Å². The first kappa shape index (κ1) is 12.8. The number of hydrogen-bond acceptors (Lipinski definition) is 4. The van der Waals surface area contributed by atoms with Gasteiger partial charge in [0, 0.05) is 38.3 Å². The van der Waals surface area contributed by atoms with Gasteiger partial charge in [-0.15, -0.1) is 0 Å². The molecule has 1 aromatic rings. The summed E-state index contributed by atoms with van der Waals surface area (Å²) in [5.74, 6) is 2.31. The van der Waals surface area contributed by atoms with Crippen molar-refractivity contribution < 1.29 is 9.47 Å². The van der Waals surface area contributed by atoms with Crippen LogP contribution in [0.2, 0.25) is 0 Å². The molecule has 0 atom stereocenters. The summed E-state index contributed by atoms with van der Waals surface area (Å²) in [4.78, 5) is 2.50. The highest BCUT2D eigenvalue weighted by Crippen LogP contribution is 2.41. The van der Waals surface area contributed by atoms with Crippen molar-refractivity contribution in [1.29, 1.82) is 0 Å². The highest BCUT2D eigenvalue weighted by molar-refractivity contribution is 5.53. The van der Waals surface area contributed by atoms with Crippen LogP contribution < -0.4 is 14.8 Å². The predicted molar refractivity (Wildman–Crippen MR) is 74.8 cm³/mol. The van der Waals surface area contributed by atoms with Gasteiger partial charge in [0.05, 0.1) is 0 Å². The van der Waals surface area contributed by atoms with E-state index >= 15 is 0 Å². The molecule has 1 aromatic carbocycles. The minimum absolute atomic E-state index is 0.353. The fourth-order valence-electron chi connectivity index (χ4n) is 2.92. The second-order valence-corrected chi connectivity index (χ2v) is 5.55. The quantitative estimate of drug-likeness (QED) is 0.902. The molecule has 0 saturated carbocycles. The summed E-state index contributed by atoms with van der Waals surface area (Å²) in [5, 5.41) is 3.39. The van der Waals surface area contributed by atoms with E-state index in [1.54, 1.807) is 0 Å². The van der Waals surface area contributed by atoms with E-state index in [1.165, 1.54) is 11.1 Å². The maximum Gasteiger partial charge on any atom is 0.231 e. The topological polar surface area (TPSA) is 33.7 Å². The van der Waals surface area contributed by atoms with Gasteiger partial charge in [-0.2, -0.15) is 0 Å². The number of benzene rings is 1. The maximum absolute atomic E-state index is 5.67. The Labute approximate surface area is 114 Å². The molecule has 2 heterocycles. The van der Waals surface area contributed by atoms with Gasteiger partial charge in [0.25, 0.3) is 0 Å². The van der Waals surface area contributed by atoms with Crippen LogP contribution >= 0.6 is 0 Å². The van der Waals surface area contributed by atoms with Crippen LogP contribution in [0.5, 0.6) is 11.5 Å². The van der Waals surface area contributed by atoms with E-state index in [0.717, 1.165) is 44.2 Å². The lowest BCUT2D eigenvalue weighted by Crippen LogP contribution is -2.43. The number of nitrogens with zero attached hydrogens (tertiary/aromatic N) is 1. The molecule has 2 aliphatic heterocycles. The fraction of sp³-hybridized carbons (Fsp3) is 0.600. The number of nitrogens with one attached hydrogen (secondary N) is 1. The first-order valence-electron chi connectivity index (χ1n) is 7.10. The monoisotopic (exact) mass is 262 g/mol. The standard InChI is InChI=1S/C15H22N2O2/c1-11(2)14-12(9-17-7-5-16-6-8-17)3-4-13-15(14)19-10-18-13/h3-4,11,16H,5-10H2,1-2H3. The summed E-state index contributed by atoms with van der Waals surface area (Å²) in [7, 11) is 0. The lowest BCUT2D eigenvalue weighted by Gasteiger charge is -2.28. The molecule has 1 saturated heterocycles. The van der Waals surface area contributed by atoms with Gasteiger partial charge < -0.3 is 14.8 Å². The molecular formula is C15H22N2O2. The molecule has 19 heavy (non-hydrogen) atoms. The summed E-state index contributed by atoms with van der Waals surface area (Å²) in [6.45, 7) is 10.2. The van der Waals surface area contributed by atoms with E-state index in [9.17, 15) is 0 Å². The van der Waals surface area contributed by atoms with Gasteiger partial charge in [0.1, 0.15) is 0 Å². The molecule has 0 amide bonds. The van der Waals surface area contributed by atoms with Crippen LogP contribution in [-0.4, -0.2) is 37.9 Å². The fourth-order valence-corrected chi connectivity index (χ4v) is 2.92. The van der Waals surface area contributed by atoms with Crippen LogP contribution in [-0.2, 0) is 6.54 Å². The Bertz CT molecular complexity index is 454. The van der Waals surface area contributed by atoms with Gasteiger partial charge in [0.15, 0.2) is 11.5 Å². The average Bonchev–Trinajstić information content (AvgIpc) is 2.87. The molecule has 4 heteroatoms.